The summed E-state index contributed by atoms with van der Waals surface area (Å²) in [6.07, 6.45) is 0. The monoisotopic (exact) mass is 357 g/mol. The average molecular weight is 357 g/mol. The molecule has 2 heterocycles. The zero-order chi connectivity index (χ0) is 16.6. The number of aromatic nitrogens is 2. The highest BCUT2D eigenvalue weighted by molar-refractivity contribution is 7.91. The van der Waals surface area contributed by atoms with Crippen LogP contribution in [0.1, 0.15) is 12.4 Å². The first-order chi connectivity index (χ1) is 10.9. The Morgan fingerprint density at radius 2 is 2.00 bits per heavy atom. The Morgan fingerprint density at radius 3 is 2.65 bits per heavy atom. The zero-order valence-electron chi connectivity index (χ0n) is 12.1. The van der Waals surface area contributed by atoms with E-state index in [2.05, 4.69) is 4.98 Å². The summed E-state index contributed by atoms with van der Waals surface area (Å²) in [5.74, 6) is 0.00355. The summed E-state index contributed by atoms with van der Waals surface area (Å²) >= 11 is 1.08. The molecule has 2 aromatic heterocycles. The molecule has 9 heteroatoms. The van der Waals surface area contributed by atoms with Crippen molar-refractivity contribution in [3.05, 3.63) is 47.6 Å². The maximum Gasteiger partial charge on any atom is 0.320 e. The third-order valence-electron chi connectivity index (χ3n) is 3.39. The number of nitrogens with zero attached hydrogens (tertiary/aromatic N) is 3. The molecule has 23 heavy (non-hydrogen) atoms. The molecule has 0 aliphatic rings. The highest BCUT2D eigenvalue weighted by Crippen LogP contribution is 2.26. The van der Waals surface area contributed by atoms with Gasteiger partial charge in [0.2, 0.25) is 0 Å². The van der Waals surface area contributed by atoms with E-state index in [4.69, 9.17) is 0 Å². The molecule has 0 bridgehead atoms. The van der Waals surface area contributed by atoms with Crippen LogP contribution in [-0.4, -0.2) is 29.3 Å². The summed E-state index contributed by atoms with van der Waals surface area (Å²) in [4.78, 5) is 4.15. The summed E-state index contributed by atoms with van der Waals surface area (Å²) < 4.78 is 53.5. The third kappa shape index (κ3) is 2.87. The van der Waals surface area contributed by atoms with Gasteiger partial charge in [0.25, 0.3) is 10.0 Å². The lowest BCUT2D eigenvalue weighted by Gasteiger charge is -2.16. The molecule has 0 aliphatic carbocycles. The molecule has 0 saturated heterocycles. The van der Waals surface area contributed by atoms with Crippen LogP contribution in [0.15, 0.2) is 46.0 Å². The first kappa shape index (κ1) is 16.0. The normalized spacial score (nSPS) is 12.6. The van der Waals surface area contributed by atoms with Crippen molar-refractivity contribution in [3.8, 4) is 0 Å². The third-order valence-corrected chi connectivity index (χ3v) is 6.56. The number of benzene rings is 1. The molecule has 3 rings (SSSR count). The van der Waals surface area contributed by atoms with Crippen LogP contribution in [0.25, 0.3) is 11.0 Å². The first-order valence-corrected chi connectivity index (χ1v) is 8.97. The minimum absolute atomic E-state index is 0.00355. The van der Waals surface area contributed by atoms with Gasteiger partial charge in [-0.05, 0) is 23.6 Å². The Bertz CT molecular complexity index is 921. The second-order valence-corrected chi connectivity index (χ2v) is 8.08. The van der Waals surface area contributed by atoms with Gasteiger partial charge in [-0.1, -0.05) is 18.2 Å². The van der Waals surface area contributed by atoms with Crippen LogP contribution in [0.2, 0.25) is 0 Å². The van der Waals surface area contributed by atoms with Gasteiger partial charge in [-0.15, -0.1) is 11.3 Å². The number of sulfonamides is 1. The van der Waals surface area contributed by atoms with Crippen molar-refractivity contribution in [2.45, 2.75) is 17.3 Å². The van der Waals surface area contributed by atoms with Crippen LogP contribution in [0.3, 0.4) is 0 Å². The lowest BCUT2D eigenvalue weighted by Crippen LogP contribution is -2.27. The highest BCUT2D eigenvalue weighted by Gasteiger charge is 2.25. The standard InChI is InChI=1S/C14H13F2N3O2S2/c1-18(23(20,21)13-7-4-8-22-13)9-12-17-10-5-2-3-6-11(10)19(12)14(15)16/h2-8,14H,9H2,1H3. The van der Waals surface area contributed by atoms with Crippen LogP contribution in [0, 0.1) is 0 Å². The Kier molecular flexibility index (Phi) is 4.17. The number of hydrogen-bond acceptors (Lipinski definition) is 4. The molecular formula is C14H13F2N3O2S2. The van der Waals surface area contributed by atoms with Crippen molar-refractivity contribution in [1.29, 1.82) is 0 Å². The smallest absolute Gasteiger partial charge is 0.269 e. The van der Waals surface area contributed by atoms with Crippen LogP contribution >= 0.6 is 11.3 Å². The Hall–Kier alpha value is -1.84. The maximum absolute atomic E-state index is 13.4. The van der Waals surface area contributed by atoms with Gasteiger partial charge in [0.1, 0.15) is 10.0 Å². The molecule has 122 valence electrons. The maximum atomic E-state index is 13.4. The predicted molar refractivity (Wildman–Crippen MR) is 84.0 cm³/mol. The molecule has 0 saturated carbocycles. The molecular weight excluding hydrogens is 344 g/mol. The summed E-state index contributed by atoms with van der Waals surface area (Å²) in [6.45, 7) is -3.03. The van der Waals surface area contributed by atoms with Crippen molar-refractivity contribution in [2.75, 3.05) is 7.05 Å². The minimum Gasteiger partial charge on any atom is -0.269 e. The molecule has 0 radical (unpaired) electrons. The van der Waals surface area contributed by atoms with Crippen molar-refractivity contribution in [3.63, 3.8) is 0 Å². The van der Waals surface area contributed by atoms with Crippen LogP contribution in [0.5, 0.6) is 0 Å². The zero-order valence-corrected chi connectivity index (χ0v) is 13.7. The van der Waals surface area contributed by atoms with E-state index >= 15 is 0 Å². The van der Waals surface area contributed by atoms with E-state index in [0.29, 0.717) is 5.52 Å². The second kappa shape index (κ2) is 5.99. The minimum atomic E-state index is -3.72. The van der Waals surface area contributed by atoms with E-state index in [1.807, 2.05) is 0 Å². The molecule has 0 unspecified atom stereocenters. The number of rotatable bonds is 5. The average Bonchev–Trinajstić information content (AvgIpc) is 3.14. The van der Waals surface area contributed by atoms with Gasteiger partial charge in [0.05, 0.1) is 17.6 Å². The number of hydrogen-bond donors (Lipinski definition) is 0. The Morgan fingerprint density at radius 1 is 1.26 bits per heavy atom. The molecule has 0 spiro atoms. The molecule has 0 amide bonds. The number of halogens is 2. The van der Waals surface area contributed by atoms with Gasteiger partial charge in [-0.2, -0.15) is 13.1 Å². The van der Waals surface area contributed by atoms with Gasteiger partial charge >= 0.3 is 6.55 Å². The van der Waals surface area contributed by atoms with Gasteiger partial charge in [-0.25, -0.2) is 13.4 Å². The van der Waals surface area contributed by atoms with Crippen molar-refractivity contribution < 1.29 is 17.2 Å². The van der Waals surface area contributed by atoms with E-state index in [1.54, 1.807) is 29.6 Å². The summed E-state index contributed by atoms with van der Waals surface area (Å²) in [7, 11) is -2.37. The number of alkyl halides is 2. The molecule has 0 N–H and O–H groups in total. The lowest BCUT2D eigenvalue weighted by atomic mass is 10.3. The van der Waals surface area contributed by atoms with E-state index in [0.717, 1.165) is 20.2 Å². The quantitative estimate of drug-likeness (QED) is 0.704. The topological polar surface area (TPSA) is 55.2 Å². The van der Waals surface area contributed by atoms with Gasteiger partial charge < -0.3 is 0 Å². The van der Waals surface area contributed by atoms with Crippen molar-refractivity contribution >= 4 is 32.4 Å². The van der Waals surface area contributed by atoms with E-state index < -0.39 is 16.6 Å². The predicted octanol–water partition coefficient (Wildman–Crippen LogP) is 3.31. The summed E-state index contributed by atoms with van der Waals surface area (Å²) in [5, 5.41) is 1.65. The van der Waals surface area contributed by atoms with Gasteiger partial charge in [-0.3, -0.25) is 4.57 Å². The molecule has 1 aromatic carbocycles. The number of fused-ring (bicyclic) bond motifs is 1. The van der Waals surface area contributed by atoms with Crippen LogP contribution < -0.4 is 0 Å². The first-order valence-electron chi connectivity index (χ1n) is 6.65. The number of para-hydroxylation sites is 2. The van der Waals surface area contributed by atoms with E-state index in [1.165, 1.54) is 19.2 Å². The highest BCUT2D eigenvalue weighted by atomic mass is 32.2. The van der Waals surface area contributed by atoms with Gasteiger partial charge in [0, 0.05) is 7.05 Å². The molecule has 0 fully saturated rings. The molecule has 0 atom stereocenters. The molecule has 0 aliphatic heterocycles. The Balaban J connectivity index is 2.00. The second-order valence-electron chi connectivity index (χ2n) is 4.86. The fourth-order valence-corrected chi connectivity index (χ4v) is 4.60. The molecule has 5 nitrogen and oxygen atoms in total. The van der Waals surface area contributed by atoms with E-state index in [9.17, 15) is 17.2 Å². The Labute approximate surface area is 135 Å². The lowest BCUT2D eigenvalue weighted by molar-refractivity contribution is 0.0703. The SMILES string of the molecule is CN(Cc1nc2ccccc2n1C(F)F)S(=O)(=O)c1cccs1. The summed E-state index contributed by atoms with van der Waals surface area (Å²) in [5.41, 5.74) is 0.684. The van der Waals surface area contributed by atoms with Crippen molar-refractivity contribution in [2.24, 2.45) is 0 Å². The van der Waals surface area contributed by atoms with Crippen molar-refractivity contribution in [1.82, 2.24) is 13.9 Å². The number of thiophene rings is 1. The molecule has 3 aromatic rings. The number of imidazole rings is 1. The fourth-order valence-electron chi connectivity index (χ4n) is 2.27. The van der Waals surface area contributed by atoms with Crippen LogP contribution in [-0.2, 0) is 16.6 Å². The van der Waals surface area contributed by atoms with Gasteiger partial charge in [0.15, 0.2) is 0 Å². The van der Waals surface area contributed by atoms with Crippen LogP contribution in [0.4, 0.5) is 8.78 Å². The summed E-state index contributed by atoms with van der Waals surface area (Å²) in [6, 6.07) is 9.59. The largest absolute Gasteiger partial charge is 0.320 e. The van der Waals surface area contributed by atoms with E-state index in [-0.39, 0.29) is 22.1 Å². The fraction of sp³-hybridized carbons (Fsp3) is 0.214.